The maximum atomic E-state index is 12.7. The highest BCUT2D eigenvalue weighted by Gasteiger charge is 2.42. The summed E-state index contributed by atoms with van der Waals surface area (Å²) in [5.74, 6) is 0.0198. The molecule has 0 aromatic rings. The summed E-state index contributed by atoms with van der Waals surface area (Å²) in [6, 6.07) is 0.399. The predicted molar refractivity (Wildman–Crippen MR) is 77.7 cm³/mol. The van der Waals surface area contributed by atoms with Gasteiger partial charge in [0.15, 0.2) is 0 Å². The summed E-state index contributed by atoms with van der Waals surface area (Å²) in [4.78, 5) is 0. The van der Waals surface area contributed by atoms with Crippen LogP contribution in [0.2, 0.25) is 0 Å². The molecule has 1 aliphatic carbocycles. The van der Waals surface area contributed by atoms with E-state index in [2.05, 4.69) is 26.1 Å². The number of halogens is 3. The number of hydrogen-bond acceptors (Lipinski definition) is 1. The van der Waals surface area contributed by atoms with Crippen LogP contribution in [0.1, 0.15) is 65.7 Å². The van der Waals surface area contributed by atoms with E-state index < -0.39 is 12.1 Å². The fraction of sp³-hybridized carbons (Fsp3) is 1.00. The van der Waals surface area contributed by atoms with Gasteiger partial charge in [0.25, 0.3) is 0 Å². The Morgan fingerprint density at radius 1 is 1.10 bits per heavy atom. The van der Waals surface area contributed by atoms with Gasteiger partial charge >= 0.3 is 6.18 Å². The zero-order chi connectivity index (χ0) is 15.2. The molecule has 0 heterocycles. The van der Waals surface area contributed by atoms with E-state index in [9.17, 15) is 13.2 Å². The summed E-state index contributed by atoms with van der Waals surface area (Å²) >= 11 is 0. The summed E-state index contributed by atoms with van der Waals surface area (Å²) in [6.45, 7) is 7.43. The Balaban J connectivity index is 2.49. The molecule has 0 radical (unpaired) electrons. The third-order valence-electron chi connectivity index (χ3n) is 4.71. The lowest BCUT2D eigenvalue weighted by atomic mass is 9.76. The second-order valence-electron chi connectivity index (χ2n) is 6.45. The van der Waals surface area contributed by atoms with Gasteiger partial charge in [-0.1, -0.05) is 33.6 Å². The average molecular weight is 293 g/mol. The minimum atomic E-state index is -3.99. The summed E-state index contributed by atoms with van der Waals surface area (Å²) in [5.41, 5.74) is 0. The second kappa shape index (κ2) is 8.26. The summed E-state index contributed by atoms with van der Waals surface area (Å²) < 4.78 is 38.1. The first-order valence-corrected chi connectivity index (χ1v) is 8.18. The molecule has 0 spiro atoms. The lowest BCUT2D eigenvalue weighted by molar-refractivity contribution is -0.184. The number of hydrogen-bond donors (Lipinski definition) is 1. The first-order valence-electron chi connectivity index (χ1n) is 8.18. The molecule has 0 aliphatic heterocycles. The van der Waals surface area contributed by atoms with Gasteiger partial charge in [-0.3, -0.25) is 0 Å². The van der Waals surface area contributed by atoms with Gasteiger partial charge in [-0.2, -0.15) is 13.2 Å². The third kappa shape index (κ3) is 5.63. The van der Waals surface area contributed by atoms with Gasteiger partial charge in [-0.25, -0.2) is 0 Å². The van der Waals surface area contributed by atoms with Gasteiger partial charge in [0.2, 0.25) is 0 Å². The van der Waals surface area contributed by atoms with Crippen LogP contribution in [0, 0.1) is 17.8 Å². The van der Waals surface area contributed by atoms with E-state index in [1.54, 1.807) is 0 Å². The minimum absolute atomic E-state index is 0.318. The Hall–Kier alpha value is -0.250. The zero-order valence-electron chi connectivity index (χ0n) is 13.1. The summed E-state index contributed by atoms with van der Waals surface area (Å²) in [6.07, 6.45) is 1.58. The van der Waals surface area contributed by atoms with Gasteiger partial charge in [0, 0.05) is 6.04 Å². The molecule has 0 amide bonds. The average Bonchev–Trinajstić information content (AvgIpc) is 2.38. The van der Waals surface area contributed by atoms with Crippen LogP contribution in [0.15, 0.2) is 0 Å². The summed E-state index contributed by atoms with van der Waals surface area (Å²) in [5, 5.41) is 3.51. The van der Waals surface area contributed by atoms with Crippen LogP contribution < -0.4 is 5.32 Å². The van der Waals surface area contributed by atoms with Crippen LogP contribution in [-0.4, -0.2) is 18.8 Å². The van der Waals surface area contributed by atoms with Crippen molar-refractivity contribution in [3.05, 3.63) is 0 Å². The smallest absolute Gasteiger partial charge is 0.314 e. The van der Waals surface area contributed by atoms with E-state index in [0.717, 1.165) is 25.8 Å². The predicted octanol–water partition coefficient (Wildman–Crippen LogP) is 5.16. The molecule has 1 nitrogen and oxygen atoms in total. The fourth-order valence-corrected chi connectivity index (χ4v) is 3.60. The number of nitrogens with one attached hydrogen (secondary N) is 1. The van der Waals surface area contributed by atoms with Crippen molar-refractivity contribution in [1.82, 2.24) is 5.32 Å². The van der Waals surface area contributed by atoms with E-state index in [4.69, 9.17) is 0 Å². The van der Waals surface area contributed by atoms with Crippen molar-refractivity contribution >= 4 is 0 Å². The van der Waals surface area contributed by atoms with E-state index >= 15 is 0 Å². The molecule has 2 unspecified atom stereocenters. The molecule has 1 saturated carbocycles. The third-order valence-corrected chi connectivity index (χ3v) is 4.71. The van der Waals surface area contributed by atoms with Gasteiger partial charge < -0.3 is 5.32 Å². The Bertz CT molecular complexity index is 257. The van der Waals surface area contributed by atoms with E-state index in [0.29, 0.717) is 30.7 Å². The maximum Gasteiger partial charge on any atom is 0.391 e. The van der Waals surface area contributed by atoms with Crippen molar-refractivity contribution in [3.8, 4) is 0 Å². The van der Waals surface area contributed by atoms with Crippen molar-refractivity contribution in [2.45, 2.75) is 77.9 Å². The number of alkyl halides is 3. The molecular weight excluding hydrogens is 263 g/mol. The van der Waals surface area contributed by atoms with Crippen LogP contribution in [-0.2, 0) is 0 Å². The molecule has 20 heavy (non-hydrogen) atoms. The van der Waals surface area contributed by atoms with E-state index in [-0.39, 0.29) is 0 Å². The maximum absolute atomic E-state index is 12.7. The lowest BCUT2D eigenvalue weighted by Crippen LogP contribution is -2.40. The normalized spacial score (nSPS) is 27.3. The lowest BCUT2D eigenvalue weighted by Gasteiger charge is -2.36. The molecule has 2 atom stereocenters. The second-order valence-corrected chi connectivity index (χ2v) is 6.45. The first kappa shape index (κ1) is 17.8. The molecule has 0 saturated heterocycles. The monoisotopic (exact) mass is 293 g/mol. The van der Waals surface area contributed by atoms with Gasteiger partial charge in [0.05, 0.1) is 5.92 Å². The van der Waals surface area contributed by atoms with Gasteiger partial charge in [-0.05, 0) is 50.5 Å². The summed E-state index contributed by atoms with van der Waals surface area (Å²) in [7, 11) is 0. The van der Waals surface area contributed by atoms with Crippen molar-refractivity contribution in [1.29, 1.82) is 0 Å². The Morgan fingerprint density at radius 3 is 2.15 bits per heavy atom. The highest BCUT2D eigenvalue weighted by molar-refractivity contribution is 4.84. The fourth-order valence-electron chi connectivity index (χ4n) is 3.60. The van der Waals surface area contributed by atoms with Crippen LogP contribution in [0.5, 0.6) is 0 Å². The molecule has 0 aromatic carbocycles. The quantitative estimate of drug-likeness (QED) is 0.683. The molecule has 4 heteroatoms. The van der Waals surface area contributed by atoms with Gasteiger partial charge in [-0.15, -0.1) is 0 Å². The Labute approximate surface area is 121 Å². The molecule has 0 aromatic heterocycles. The SMILES string of the molecule is CCCC(C)CC(NCC)C1CCC(C(F)(F)F)CC1. The molecular formula is C16H30F3N. The highest BCUT2D eigenvalue weighted by Crippen LogP contribution is 2.41. The topological polar surface area (TPSA) is 12.0 Å². The first-order chi connectivity index (χ1) is 9.38. The van der Waals surface area contributed by atoms with Crippen molar-refractivity contribution in [2.75, 3.05) is 6.54 Å². The largest absolute Gasteiger partial charge is 0.391 e. The van der Waals surface area contributed by atoms with Crippen molar-refractivity contribution in [3.63, 3.8) is 0 Å². The molecule has 1 aliphatic rings. The van der Waals surface area contributed by atoms with Crippen LogP contribution in [0.25, 0.3) is 0 Å². The minimum Gasteiger partial charge on any atom is -0.314 e. The highest BCUT2D eigenvalue weighted by atomic mass is 19.4. The van der Waals surface area contributed by atoms with Crippen molar-refractivity contribution in [2.24, 2.45) is 17.8 Å². The van der Waals surface area contributed by atoms with Crippen LogP contribution in [0.4, 0.5) is 13.2 Å². The molecule has 1 N–H and O–H groups in total. The Kier molecular flexibility index (Phi) is 7.35. The standard InChI is InChI=1S/C16H30F3N/c1-4-6-12(3)11-15(20-5-2)13-7-9-14(10-8-13)16(17,18)19/h12-15,20H,4-11H2,1-3H3. The van der Waals surface area contributed by atoms with Gasteiger partial charge in [0.1, 0.15) is 0 Å². The zero-order valence-corrected chi connectivity index (χ0v) is 13.1. The molecule has 0 bridgehead atoms. The van der Waals surface area contributed by atoms with Crippen LogP contribution >= 0.6 is 0 Å². The van der Waals surface area contributed by atoms with Crippen molar-refractivity contribution < 1.29 is 13.2 Å². The Morgan fingerprint density at radius 2 is 1.70 bits per heavy atom. The van der Waals surface area contributed by atoms with E-state index in [1.165, 1.54) is 12.8 Å². The van der Waals surface area contributed by atoms with E-state index in [1.807, 2.05) is 0 Å². The molecule has 120 valence electrons. The van der Waals surface area contributed by atoms with Crippen LogP contribution in [0.3, 0.4) is 0 Å². The number of rotatable bonds is 7. The molecule has 1 fully saturated rings. The molecule has 1 rings (SSSR count).